The van der Waals surface area contributed by atoms with Crippen LogP contribution in [0.2, 0.25) is 0 Å². The Hall–Kier alpha value is -2.36. The zero-order valence-electron chi connectivity index (χ0n) is 14.6. The van der Waals surface area contributed by atoms with Gasteiger partial charge in [-0.15, -0.1) is 0 Å². The molecule has 1 heterocycles. The lowest BCUT2D eigenvalue weighted by Crippen LogP contribution is -2.25. The van der Waals surface area contributed by atoms with E-state index >= 15 is 0 Å². The summed E-state index contributed by atoms with van der Waals surface area (Å²) < 4.78 is 1.79. The second-order valence-corrected chi connectivity index (χ2v) is 4.15. The van der Waals surface area contributed by atoms with Crippen LogP contribution in [0.15, 0.2) is 49.3 Å². The molecule has 4 heteroatoms. The summed E-state index contributed by atoms with van der Waals surface area (Å²) in [5, 5.41) is 5.15. The smallest absolute Gasteiger partial charge is 0.257 e. The Morgan fingerprint density at radius 1 is 1.27 bits per heavy atom. The largest absolute Gasteiger partial charge is 0.285 e. The van der Waals surface area contributed by atoms with Crippen LogP contribution in [0.4, 0.5) is 5.69 Å². The molecule has 0 fully saturated rings. The zero-order chi connectivity index (χ0) is 17.3. The summed E-state index contributed by atoms with van der Waals surface area (Å²) in [4.78, 5) is 13.4. The van der Waals surface area contributed by atoms with Gasteiger partial charge in [0.05, 0.1) is 11.7 Å². The number of nitrogens with zero attached hydrogens (tertiary/aromatic N) is 3. The molecule has 0 radical (unpaired) electrons. The highest BCUT2D eigenvalue weighted by Crippen LogP contribution is 2.23. The Kier molecular flexibility index (Phi) is 8.53. The van der Waals surface area contributed by atoms with Gasteiger partial charge in [0.2, 0.25) is 0 Å². The van der Waals surface area contributed by atoms with Crippen LogP contribution in [-0.2, 0) is 11.8 Å². The van der Waals surface area contributed by atoms with Gasteiger partial charge >= 0.3 is 0 Å². The van der Waals surface area contributed by atoms with Crippen LogP contribution in [0.5, 0.6) is 0 Å². The van der Waals surface area contributed by atoms with Gasteiger partial charge in [0.15, 0.2) is 0 Å². The molecular weight excluding hydrogens is 274 g/mol. The molecule has 2 rings (SSSR count). The number of anilines is 1. The number of fused-ring (bicyclic) bond motifs is 1. The van der Waals surface area contributed by atoms with Gasteiger partial charge in [-0.2, -0.15) is 5.10 Å². The summed E-state index contributed by atoms with van der Waals surface area (Å²) in [6, 6.07) is 5.71. The van der Waals surface area contributed by atoms with Crippen molar-refractivity contribution in [3.8, 4) is 0 Å². The van der Waals surface area contributed by atoms with E-state index in [1.165, 1.54) is 11.1 Å². The van der Waals surface area contributed by atoms with Crippen LogP contribution < -0.4 is 4.90 Å². The van der Waals surface area contributed by atoms with E-state index in [0.717, 1.165) is 16.6 Å². The highest BCUT2D eigenvalue weighted by molar-refractivity contribution is 6.06. The molecule has 4 nitrogen and oxygen atoms in total. The average molecular weight is 301 g/mol. The Balaban J connectivity index is 0.00000102. The summed E-state index contributed by atoms with van der Waals surface area (Å²) in [5.74, 6) is -0.159. The third-order valence-corrected chi connectivity index (χ3v) is 2.77. The minimum atomic E-state index is -0.159. The van der Waals surface area contributed by atoms with Crippen molar-refractivity contribution >= 4 is 22.5 Å². The molecule has 0 aliphatic heterocycles. The van der Waals surface area contributed by atoms with E-state index < -0.39 is 0 Å². The van der Waals surface area contributed by atoms with E-state index in [1.54, 1.807) is 17.8 Å². The topological polar surface area (TPSA) is 38.1 Å². The molecule has 1 aromatic carbocycles. The number of amides is 1. The van der Waals surface area contributed by atoms with Crippen LogP contribution in [0.1, 0.15) is 34.6 Å². The van der Waals surface area contributed by atoms with Crippen LogP contribution in [0.3, 0.4) is 0 Å². The van der Waals surface area contributed by atoms with Crippen molar-refractivity contribution in [2.24, 2.45) is 7.05 Å². The molecule has 0 saturated heterocycles. The van der Waals surface area contributed by atoms with E-state index in [0.29, 0.717) is 5.57 Å². The maximum absolute atomic E-state index is 12.0. The number of carbonyl (C=O) groups is 1. The van der Waals surface area contributed by atoms with Crippen molar-refractivity contribution in [1.82, 2.24) is 9.78 Å². The molecule has 0 aliphatic carbocycles. The minimum Gasteiger partial charge on any atom is -0.285 e. The molecule has 120 valence electrons. The van der Waals surface area contributed by atoms with Crippen molar-refractivity contribution in [2.75, 3.05) is 4.90 Å². The maximum Gasteiger partial charge on any atom is 0.257 e. The highest BCUT2D eigenvalue weighted by Gasteiger charge is 2.14. The van der Waals surface area contributed by atoms with Crippen molar-refractivity contribution in [3.05, 3.63) is 49.3 Å². The number of aryl methyl sites for hydroxylation is 1. The first kappa shape index (κ1) is 19.6. The fraction of sp³-hybridized carbons (Fsp3) is 0.333. The van der Waals surface area contributed by atoms with Crippen LogP contribution in [0, 0.1) is 0 Å². The first-order valence-corrected chi connectivity index (χ1v) is 7.58. The van der Waals surface area contributed by atoms with E-state index in [-0.39, 0.29) is 5.91 Å². The lowest BCUT2D eigenvalue weighted by molar-refractivity contribution is -0.114. The first-order valence-electron chi connectivity index (χ1n) is 7.58. The van der Waals surface area contributed by atoms with Gasteiger partial charge in [0.25, 0.3) is 5.91 Å². The number of carbonyl (C=O) groups excluding carboxylic acids is 1. The zero-order valence-corrected chi connectivity index (χ0v) is 14.6. The fourth-order valence-electron chi connectivity index (χ4n) is 1.81. The number of hydrogen-bond donors (Lipinski definition) is 0. The van der Waals surface area contributed by atoms with Crippen LogP contribution in [0.25, 0.3) is 10.9 Å². The Morgan fingerprint density at radius 2 is 1.86 bits per heavy atom. The molecule has 0 saturated carbocycles. The number of rotatable bonds is 3. The second kappa shape index (κ2) is 9.55. The maximum atomic E-state index is 12.0. The summed E-state index contributed by atoms with van der Waals surface area (Å²) >= 11 is 0. The van der Waals surface area contributed by atoms with Gasteiger partial charge in [-0.3, -0.25) is 14.4 Å². The predicted molar refractivity (Wildman–Crippen MR) is 95.9 cm³/mol. The molecule has 2 aromatic rings. The quantitative estimate of drug-likeness (QED) is 0.772. The first-order chi connectivity index (χ1) is 10.5. The van der Waals surface area contributed by atoms with Crippen LogP contribution in [-0.4, -0.2) is 15.7 Å². The Morgan fingerprint density at radius 3 is 2.36 bits per heavy atom. The van der Waals surface area contributed by atoms with E-state index in [2.05, 4.69) is 18.3 Å². The monoisotopic (exact) mass is 301 g/mol. The number of hydrogen-bond acceptors (Lipinski definition) is 2. The van der Waals surface area contributed by atoms with Crippen molar-refractivity contribution in [2.45, 2.75) is 34.6 Å². The molecule has 0 spiro atoms. The Labute approximate surface area is 133 Å². The van der Waals surface area contributed by atoms with Gasteiger partial charge in [0, 0.05) is 29.9 Å². The third-order valence-electron chi connectivity index (χ3n) is 2.77. The molecule has 22 heavy (non-hydrogen) atoms. The van der Waals surface area contributed by atoms with Crippen molar-refractivity contribution in [3.63, 3.8) is 0 Å². The molecule has 0 N–H and O–H groups in total. The molecule has 0 atom stereocenters. The molecule has 1 amide bonds. The van der Waals surface area contributed by atoms with Gasteiger partial charge in [-0.05, 0) is 25.1 Å². The summed E-state index contributed by atoms with van der Waals surface area (Å²) in [7, 11) is 1.88. The SMILES string of the molecule is C=CN(C(=O)C(=C)C)c1ccc2c(cnn2C)c1.CC.CC. The molecule has 0 unspecified atom stereocenters. The molecular formula is C18H27N3O. The minimum absolute atomic E-state index is 0.159. The third kappa shape index (κ3) is 4.32. The predicted octanol–water partition coefficient (Wildman–Crippen LogP) is 4.68. The van der Waals surface area contributed by atoms with E-state index in [9.17, 15) is 4.79 Å². The highest BCUT2D eigenvalue weighted by atomic mass is 16.2. The molecule has 0 bridgehead atoms. The molecule has 1 aromatic heterocycles. The number of aromatic nitrogens is 2. The lowest BCUT2D eigenvalue weighted by atomic mass is 10.2. The van der Waals surface area contributed by atoms with Crippen LogP contribution >= 0.6 is 0 Å². The fourth-order valence-corrected chi connectivity index (χ4v) is 1.81. The average Bonchev–Trinajstić information content (AvgIpc) is 2.92. The van der Waals surface area contributed by atoms with Crippen molar-refractivity contribution < 1.29 is 4.79 Å². The normalized spacial score (nSPS) is 9.00. The van der Waals surface area contributed by atoms with E-state index in [1.807, 2.05) is 52.9 Å². The van der Waals surface area contributed by atoms with Gasteiger partial charge in [-0.1, -0.05) is 40.9 Å². The summed E-state index contributed by atoms with van der Waals surface area (Å²) in [5.41, 5.74) is 2.25. The Bertz CT molecular complexity index is 641. The van der Waals surface area contributed by atoms with Gasteiger partial charge in [-0.25, -0.2) is 0 Å². The van der Waals surface area contributed by atoms with Gasteiger partial charge in [0.1, 0.15) is 0 Å². The van der Waals surface area contributed by atoms with E-state index in [4.69, 9.17) is 0 Å². The van der Waals surface area contributed by atoms with Crippen molar-refractivity contribution in [1.29, 1.82) is 0 Å². The number of benzene rings is 1. The summed E-state index contributed by atoms with van der Waals surface area (Å²) in [6.07, 6.45) is 3.26. The second-order valence-electron chi connectivity index (χ2n) is 4.15. The standard InChI is InChI=1S/C14H15N3O.2C2H6/c1-5-17(14(18)10(2)3)12-6-7-13-11(8-12)9-15-16(13)4;2*1-2/h5-9H,1-2H2,3-4H3;2*1-2H3. The molecule has 0 aliphatic rings. The lowest BCUT2D eigenvalue weighted by Gasteiger charge is -2.18. The van der Waals surface area contributed by atoms with Gasteiger partial charge < -0.3 is 0 Å². The summed E-state index contributed by atoms with van der Waals surface area (Å²) in [6.45, 7) is 17.0.